The van der Waals surface area contributed by atoms with E-state index in [4.69, 9.17) is 15.5 Å². The highest BCUT2D eigenvalue weighted by Gasteiger charge is 2.21. The fourth-order valence-corrected chi connectivity index (χ4v) is 4.90. The Bertz CT molecular complexity index is 1220. The van der Waals surface area contributed by atoms with E-state index in [2.05, 4.69) is 14.7 Å². The molecule has 9 heteroatoms. The molecule has 1 fully saturated rings. The first-order valence-electron chi connectivity index (χ1n) is 10.6. The minimum Gasteiger partial charge on any atom is -0.382 e. The largest absolute Gasteiger partial charge is 0.382 e. The van der Waals surface area contributed by atoms with Crippen molar-refractivity contribution in [2.75, 3.05) is 25.5 Å². The van der Waals surface area contributed by atoms with Gasteiger partial charge in [0.25, 0.3) is 0 Å². The normalized spacial score (nSPS) is 16.8. The lowest BCUT2D eigenvalue weighted by Crippen LogP contribution is -2.33. The maximum atomic E-state index is 12.9. The summed E-state index contributed by atoms with van der Waals surface area (Å²) >= 11 is 0. The molecule has 1 aliphatic rings. The molecule has 1 atom stereocenters. The van der Waals surface area contributed by atoms with Gasteiger partial charge in [0.15, 0.2) is 0 Å². The van der Waals surface area contributed by atoms with Gasteiger partial charge in [0.05, 0.1) is 23.4 Å². The van der Waals surface area contributed by atoms with Crippen molar-refractivity contribution >= 4 is 15.8 Å². The molecule has 1 unspecified atom stereocenters. The van der Waals surface area contributed by atoms with Crippen LogP contribution in [0.3, 0.4) is 0 Å². The average Bonchev–Trinajstić information content (AvgIpc) is 2.79. The van der Waals surface area contributed by atoms with Crippen LogP contribution >= 0.6 is 0 Å². The number of hydrogen-bond acceptors (Lipinski definition) is 7. The highest BCUT2D eigenvalue weighted by molar-refractivity contribution is 7.89. The number of aromatic nitrogens is 3. The van der Waals surface area contributed by atoms with Crippen molar-refractivity contribution in [2.45, 2.75) is 31.6 Å². The molecule has 3 N–H and O–H groups in total. The summed E-state index contributed by atoms with van der Waals surface area (Å²) in [6, 6.07) is 8.73. The van der Waals surface area contributed by atoms with Gasteiger partial charge in [0, 0.05) is 36.2 Å². The number of pyridine rings is 1. The van der Waals surface area contributed by atoms with Crippen molar-refractivity contribution in [3.05, 3.63) is 54.0 Å². The number of nitrogens with zero attached hydrogens (tertiary/aromatic N) is 3. The molecule has 1 aliphatic heterocycles. The van der Waals surface area contributed by atoms with Crippen molar-refractivity contribution in [1.29, 1.82) is 0 Å². The van der Waals surface area contributed by atoms with E-state index in [-0.39, 0.29) is 10.8 Å². The fourth-order valence-electron chi connectivity index (χ4n) is 3.76. The maximum absolute atomic E-state index is 12.9. The first-order chi connectivity index (χ1) is 15.3. The molecule has 4 rings (SSSR count). The zero-order valence-electron chi connectivity index (χ0n) is 18.2. The number of nitrogen functional groups attached to an aromatic ring is 1. The lowest BCUT2D eigenvalue weighted by Gasteiger charge is -2.22. The van der Waals surface area contributed by atoms with Crippen molar-refractivity contribution < 1.29 is 13.2 Å². The van der Waals surface area contributed by atoms with Crippen LogP contribution in [0.1, 0.15) is 24.1 Å². The van der Waals surface area contributed by atoms with Gasteiger partial charge in [-0.15, -0.1) is 0 Å². The van der Waals surface area contributed by atoms with E-state index >= 15 is 0 Å². The molecule has 168 valence electrons. The van der Waals surface area contributed by atoms with Crippen LogP contribution in [0.15, 0.2) is 47.6 Å². The van der Waals surface area contributed by atoms with Crippen LogP contribution in [0.2, 0.25) is 0 Å². The summed E-state index contributed by atoms with van der Waals surface area (Å²) in [7, 11) is -3.67. The Morgan fingerprint density at radius 1 is 1.19 bits per heavy atom. The number of anilines is 1. The van der Waals surface area contributed by atoms with E-state index in [0.29, 0.717) is 35.9 Å². The Morgan fingerprint density at radius 2 is 2.03 bits per heavy atom. The SMILES string of the molecule is Cc1cc(-c2nc(-c3cc(S(=O)(=O)NCC4CCCOC4)ccc3C)cnc2N)ccn1. The standard InChI is InChI=1S/C23H27N5O3S/c1-15-5-6-19(32(29,30)27-12-17-4-3-9-31-14-17)11-20(15)21-13-26-23(24)22(28-21)18-7-8-25-16(2)10-18/h5-8,10-11,13,17,27H,3-4,9,12,14H2,1-2H3,(H2,24,26). The quantitative estimate of drug-likeness (QED) is 0.588. The van der Waals surface area contributed by atoms with Gasteiger partial charge >= 0.3 is 0 Å². The number of sulfonamides is 1. The molecule has 3 aromatic rings. The Labute approximate surface area is 188 Å². The van der Waals surface area contributed by atoms with Crippen molar-refractivity contribution in [3.63, 3.8) is 0 Å². The summed E-state index contributed by atoms with van der Waals surface area (Å²) in [4.78, 5) is 13.4. The molecule has 0 amide bonds. The fraction of sp³-hybridized carbons (Fsp3) is 0.348. The molecule has 0 spiro atoms. The monoisotopic (exact) mass is 453 g/mol. The van der Waals surface area contributed by atoms with E-state index in [0.717, 1.165) is 36.3 Å². The van der Waals surface area contributed by atoms with Crippen molar-refractivity contribution in [2.24, 2.45) is 5.92 Å². The molecular weight excluding hydrogens is 426 g/mol. The molecule has 3 heterocycles. The minimum atomic E-state index is -3.67. The first-order valence-corrected chi connectivity index (χ1v) is 12.1. The average molecular weight is 454 g/mol. The smallest absolute Gasteiger partial charge is 0.240 e. The van der Waals surface area contributed by atoms with E-state index in [9.17, 15) is 8.42 Å². The Morgan fingerprint density at radius 3 is 2.78 bits per heavy atom. The highest BCUT2D eigenvalue weighted by Crippen LogP contribution is 2.29. The second-order valence-electron chi connectivity index (χ2n) is 8.09. The summed E-state index contributed by atoms with van der Waals surface area (Å²) in [6.45, 7) is 5.49. The number of benzene rings is 1. The van der Waals surface area contributed by atoms with E-state index in [1.165, 1.54) is 0 Å². The number of rotatable bonds is 6. The summed E-state index contributed by atoms with van der Waals surface area (Å²) < 4.78 is 34.0. The molecule has 32 heavy (non-hydrogen) atoms. The molecular formula is C23H27N5O3S. The van der Waals surface area contributed by atoms with Gasteiger partial charge in [-0.25, -0.2) is 23.1 Å². The third kappa shape index (κ3) is 4.95. The van der Waals surface area contributed by atoms with Gasteiger partial charge in [-0.3, -0.25) is 4.98 Å². The van der Waals surface area contributed by atoms with Crippen LogP contribution in [0, 0.1) is 19.8 Å². The molecule has 2 aromatic heterocycles. The minimum absolute atomic E-state index is 0.190. The number of ether oxygens (including phenoxy) is 1. The van der Waals surface area contributed by atoms with E-state index in [1.54, 1.807) is 30.6 Å². The Balaban J connectivity index is 1.65. The molecule has 1 saturated heterocycles. The van der Waals surface area contributed by atoms with Crippen LogP contribution in [-0.4, -0.2) is 43.1 Å². The number of nitrogens with one attached hydrogen (secondary N) is 1. The molecule has 0 radical (unpaired) electrons. The Hall–Kier alpha value is -2.88. The summed E-state index contributed by atoms with van der Waals surface area (Å²) in [5, 5.41) is 0. The Kier molecular flexibility index (Phi) is 6.50. The number of nitrogens with two attached hydrogens (primary N) is 1. The molecule has 0 bridgehead atoms. The zero-order valence-corrected chi connectivity index (χ0v) is 19.0. The van der Waals surface area contributed by atoms with Crippen LogP contribution in [-0.2, 0) is 14.8 Å². The van der Waals surface area contributed by atoms with Gasteiger partial charge in [-0.2, -0.15) is 0 Å². The first kappa shape index (κ1) is 22.3. The maximum Gasteiger partial charge on any atom is 0.240 e. The topological polar surface area (TPSA) is 120 Å². The van der Waals surface area contributed by atoms with Crippen LogP contribution in [0.4, 0.5) is 5.82 Å². The molecule has 0 aliphatic carbocycles. The highest BCUT2D eigenvalue weighted by atomic mass is 32.2. The lowest BCUT2D eigenvalue weighted by molar-refractivity contribution is 0.0568. The van der Waals surface area contributed by atoms with Gasteiger partial charge in [0.2, 0.25) is 10.0 Å². The molecule has 0 saturated carbocycles. The number of aryl methyl sites for hydroxylation is 2. The molecule has 8 nitrogen and oxygen atoms in total. The predicted octanol–water partition coefficient (Wildman–Crippen LogP) is 3.11. The van der Waals surface area contributed by atoms with Gasteiger partial charge < -0.3 is 10.5 Å². The van der Waals surface area contributed by atoms with Crippen LogP contribution < -0.4 is 10.5 Å². The molecule has 1 aromatic carbocycles. The second-order valence-corrected chi connectivity index (χ2v) is 9.85. The van der Waals surface area contributed by atoms with Gasteiger partial charge in [-0.05, 0) is 62.4 Å². The van der Waals surface area contributed by atoms with Gasteiger partial charge in [0.1, 0.15) is 11.5 Å². The van der Waals surface area contributed by atoms with Crippen molar-refractivity contribution in [3.8, 4) is 22.5 Å². The predicted molar refractivity (Wildman–Crippen MR) is 123 cm³/mol. The summed E-state index contributed by atoms with van der Waals surface area (Å²) in [5.41, 5.74) is 10.4. The van der Waals surface area contributed by atoms with Gasteiger partial charge in [-0.1, -0.05) is 6.07 Å². The van der Waals surface area contributed by atoms with Crippen LogP contribution in [0.5, 0.6) is 0 Å². The zero-order chi connectivity index (χ0) is 22.7. The number of hydrogen-bond donors (Lipinski definition) is 2. The lowest BCUT2D eigenvalue weighted by atomic mass is 10.0. The van der Waals surface area contributed by atoms with Crippen LogP contribution in [0.25, 0.3) is 22.5 Å². The van der Waals surface area contributed by atoms with E-state index in [1.807, 2.05) is 26.0 Å². The van der Waals surface area contributed by atoms with E-state index < -0.39 is 10.0 Å². The third-order valence-corrected chi connectivity index (χ3v) is 7.00. The second kappa shape index (κ2) is 9.32. The summed E-state index contributed by atoms with van der Waals surface area (Å²) in [6.07, 6.45) is 5.18. The summed E-state index contributed by atoms with van der Waals surface area (Å²) in [5.74, 6) is 0.495. The van der Waals surface area contributed by atoms with Crippen molar-refractivity contribution in [1.82, 2.24) is 19.7 Å². The third-order valence-electron chi connectivity index (χ3n) is 5.58.